The molecular formula is C14H15F3O4. The van der Waals surface area contributed by atoms with E-state index in [1.54, 1.807) is 0 Å². The molecule has 1 fully saturated rings. The summed E-state index contributed by atoms with van der Waals surface area (Å²) in [4.78, 5) is 11.1. The van der Waals surface area contributed by atoms with Crippen LogP contribution in [0.15, 0.2) is 24.3 Å². The minimum atomic E-state index is -4.34. The molecule has 1 aromatic rings. The molecule has 2 atom stereocenters. The van der Waals surface area contributed by atoms with Gasteiger partial charge < -0.3 is 14.2 Å². The van der Waals surface area contributed by atoms with Crippen LogP contribution in [-0.2, 0) is 31.6 Å². The van der Waals surface area contributed by atoms with Gasteiger partial charge in [-0.25, -0.2) is 0 Å². The first kappa shape index (κ1) is 15.8. The molecule has 1 aromatic carbocycles. The highest BCUT2D eigenvalue weighted by Crippen LogP contribution is 2.29. The van der Waals surface area contributed by atoms with Crippen molar-refractivity contribution < 1.29 is 32.2 Å². The van der Waals surface area contributed by atoms with Crippen LogP contribution >= 0.6 is 0 Å². The van der Waals surface area contributed by atoms with E-state index in [-0.39, 0.29) is 19.1 Å². The van der Waals surface area contributed by atoms with Gasteiger partial charge in [0.2, 0.25) is 0 Å². The number of hydrogen-bond donors (Lipinski definition) is 0. The zero-order chi connectivity index (χ0) is 15.5. The first-order valence-electron chi connectivity index (χ1n) is 6.38. The van der Waals surface area contributed by atoms with Crippen LogP contribution in [0.4, 0.5) is 13.2 Å². The number of benzene rings is 1. The lowest BCUT2D eigenvalue weighted by Crippen LogP contribution is -2.18. The van der Waals surface area contributed by atoms with Crippen LogP contribution in [0.2, 0.25) is 0 Å². The van der Waals surface area contributed by atoms with Crippen molar-refractivity contribution in [3.05, 3.63) is 35.4 Å². The highest BCUT2D eigenvalue weighted by atomic mass is 19.4. The van der Waals surface area contributed by atoms with Gasteiger partial charge in [0, 0.05) is 6.42 Å². The summed E-state index contributed by atoms with van der Waals surface area (Å²) in [7, 11) is 1.29. The van der Waals surface area contributed by atoms with Crippen molar-refractivity contribution >= 4 is 5.97 Å². The summed E-state index contributed by atoms with van der Waals surface area (Å²) >= 11 is 0. The lowest BCUT2D eigenvalue weighted by Gasteiger charge is -2.12. The fourth-order valence-electron chi connectivity index (χ4n) is 2.01. The predicted octanol–water partition coefficient (Wildman–Crippen LogP) is 2.55. The highest BCUT2D eigenvalue weighted by molar-refractivity contribution is 5.69. The van der Waals surface area contributed by atoms with E-state index in [0.29, 0.717) is 12.0 Å². The second-order valence-corrected chi connectivity index (χ2v) is 4.70. The smallest absolute Gasteiger partial charge is 0.416 e. The second-order valence-electron chi connectivity index (χ2n) is 4.70. The molecule has 0 N–H and O–H groups in total. The normalized spacial score (nSPS) is 22.3. The quantitative estimate of drug-likeness (QED) is 0.802. The van der Waals surface area contributed by atoms with Gasteiger partial charge in [-0.1, -0.05) is 12.1 Å². The van der Waals surface area contributed by atoms with E-state index >= 15 is 0 Å². The number of carbonyl (C=O) groups excluding carboxylic acids is 1. The van der Waals surface area contributed by atoms with Crippen molar-refractivity contribution in [3.8, 4) is 0 Å². The SMILES string of the molecule is COC(=O)CC1COC(Cc2ccc(C(F)(F)F)cc2)O1. The molecule has 21 heavy (non-hydrogen) atoms. The molecule has 0 saturated carbocycles. The molecule has 1 aliphatic heterocycles. The van der Waals surface area contributed by atoms with Gasteiger partial charge in [-0.15, -0.1) is 0 Å². The standard InChI is InChI=1S/C14H15F3O4/c1-19-12(18)7-11-8-20-13(21-11)6-9-2-4-10(5-3-9)14(15,16)17/h2-5,11,13H,6-8H2,1H3. The van der Waals surface area contributed by atoms with E-state index in [9.17, 15) is 18.0 Å². The number of methoxy groups -OCH3 is 1. The zero-order valence-electron chi connectivity index (χ0n) is 11.4. The van der Waals surface area contributed by atoms with Gasteiger partial charge in [-0.05, 0) is 17.7 Å². The van der Waals surface area contributed by atoms with Gasteiger partial charge in [-0.3, -0.25) is 4.79 Å². The Morgan fingerprint density at radius 1 is 1.33 bits per heavy atom. The maximum atomic E-state index is 12.4. The lowest BCUT2D eigenvalue weighted by atomic mass is 10.1. The minimum absolute atomic E-state index is 0.0972. The van der Waals surface area contributed by atoms with E-state index in [0.717, 1.165) is 12.1 Å². The molecule has 0 amide bonds. The summed E-state index contributed by atoms with van der Waals surface area (Å²) in [6.07, 6.45) is -4.85. The van der Waals surface area contributed by atoms with Crippen LogP contribution in [0.1, 0.15) is 17.5 Å². The van der Waals surface area contributed by atoms with Crippen molar-refractivity contribution in [2.75, 3.05) is 13.7 Å². The van der Waals surface area contributed by atoms with E-state index in [1.807, 2.05) is 0 Å². The summed E-state index contributed by atoms with van der Waals surface area (Å²) in [6.45, 7) is 0.264. The Morgan fingerprint density at radius 3 is 2.57 bits per heavy atom. The van der Waals surface area contributed by atoms with Gasteiger partial charge in [0.1, 0.15) is 0 Å². The van der Waals surface area contributed by atoms with Gasteiger partial charge in [-0.2, -0.15) is 13.2 Å². The van der Waals surface area contributed by atoms with Crippen LogP contribution in [-0.4, -0.2) is 32.1 Å². The minimum Gasteiger partial charge on any atom is -0.469 e. The maximum Gasteiger partial charge on any atom is 0.416 e. The van der Waals surface area contributed by atoms with Crippen LogP contribution in [0.5, 0.6) is 0 Å². The van der Waals surface area contributed by atoms with Crippen molar-refractivity contribution in [3.63, 3.8) is 0 Å². The van der Waals surface area contributed by atoms with Crippen molar-refractivity contribution in [1.82, 2.24) is 0 Å². The number of halogens is 3. The van der Waals surface area contributed by atoms with Gasteiger partial charge >= 0.3 is 12.1 Å². The molecule has 4 nitrogen and oxygen atoms in total. The lowest BCUT2D eigenvalue weighted by molar-refractivity contribution is -0.143. The molecule has 1 saturated heterocycles. The number of carbonyl (C=O) groups is 1. The Hall–Kier alpha value is -1.60. The Morgan fingerprint density at radius 2 is 2.00 bits per heavy atom. The van der Waals surface area contributed by atoms with E-state index < -0.39 is 24.0 Å². The number of esters is 1. The van der Waals surface area contributed by atoms with Crippen LogP contribution in [0.25, 0.3) is 0 Å². The number of hydrogen-bond acceptors (Lipinski definition) is 4. The molecule has 2 rings (SSSR count). The summed E-state index contributed by atoms with van der Waals surface area (Å²) < 4.78 is 52.7. The first-order valence-corrected chi connectivity index (χ1v) is 6.38. The topological polar surface area (TPSA) is 44.8 Å². The number of rotatable bonds is 4. The summed E-state index contributed by atoms with van der Waals surface area (Å²) in [5, 5.41) is 0. The third-order valence-corrected chi connectivity index (χ3v) is 3.12. The van der Waals surface area contributed by atoms with Gasteiger partial charge in [0.25, 0.3) is 0 Å². The first-order chi connectivity index (χ1) is 9.88. The molecule has 2 unspecified atom stereocenters. The third kappa shape index (κ3) is 4.44. The molecule has 1 aliphatic rings. The summed E-state index contributed by atoms with van der Waals surface area (Å²) in [5.41, 5.74) is -0.0187. The number of ether oxygens (including phenoxy) is 3. The predicted molar refractivity (Wildman–Crippen MR) is 66.4 cm³/mol. The highest BCUT2D eigenvalue weighted by Gasteiger charge is 2.31. The number of alkyl halides is 3. The molecule has 0 aromatic heterocycles. The van der Waals surface area contributed by atoms with E-state index in [2.05, 4.69) is 4.74 Å². The second kappa shape index (κ2) is 6.44. The molecule has 0 bridgehead atoms. The largest absolute Gasteiger partial charge is 0.469 e. The molecule has 0 radical (unpaired) electrons. The van der Waals surface area contributed by atoms with E-state index in [1.165, 1.54) is 19.2 Å². The van der Waals surface area contributed by atoms with Gasteiger partial charge in [0.15, 0.2) is 6.29 Å². The van der Waals surface area contributed by atoms with Gasteiger partial charge in [0.05, 0.1) is 31.8 Å². The molecule has 7 heteroatoms. The molecule has 1 heterocycles. The Labute approximate surface area is 119 Å². The Balaban J connectivity index is 1.87. The monoisotopic (exact) mass is 304 g/mol. The molecule has 0 spiro atoms. The maximum absolute atomic E-state index is 12.4. The molecule has 116 valence electrons. The van der Waals surface area contributed by atoms with Crippen LogP contribution in [0, 0.1) is 0 Å². The molecule has 0 aliphatic carbocycles. The summed E-state index contributed by atoms with van der Waals surface area (Å²) in [5.74, 6) is -0.390. The van der Waals surface area contributed by atoms with Crippen LogP contribution < -0.4 is 0 Å². The average molecular weight is 304 g/mol. The van der Waals surface area contributed by atoms with E-state index in [4.69, 9.17) is 9.47 Å². The third-order valence-electron chi connectivity index (χ3n) is 3.12. The Bertz CT molecular complexity index is 484. The Kier molecular flexibility index (Phi) is 4.84. The van der Waals surface area contributed by atoms with Crippen LogP contribution in [0.3, 0.4) is 0 Å². The van der Waals surface area contributed by atoms with Crippen molar-refractivity contribution in [1.29, 1.82) is 0 Å². The fourth-order valence-corrected chi connectivity index (χ4v) is 2.01. The molecular weight excluding hydrogens is 289 g/mol. The van der Waals surface area contributed by atoms with Crippen molar-refractivity contribution in [2.45, 2.75) is 31.4 Å². The van der Waals surface area contributed by atoms with Crippen molar-refractivity contribution in [2.24, 2.45) is 0 Å². The summed E-state index contributed by atoms with van der Waals surface area (Å²) in [6, 6.07) is 4.83. The zero-order valence-corrected chi connectivity index (χ0v) is 11.4. The fraction of sp³-hybridized carbons (Fsp3) is 0.500. The average Bonchev–Trinajstić information content (AvgIpc) is 2.85.